The number of halogens is 1. The van der Waals surface area contributed by atoms with Crippen LogP contribution in [0.4, 0.5) is 5.69 Å². The number of para-hydroxylation sites is 1. The first kappa shape index (κ1) is 16.7. The van der Waals surface area contributed by atoms with Crippen molar-refractivity contribution in [3.63, 3.8) is 0 Å². The molecule has 0 saturated heterocycles. The first-order valence-electron chi connectivity index (χ1n) is 8.54. The lowest BCUT2D eigenvalue weighted by atomic mass is 10.0. The number of nitrogens with zero attached hydrogens (tertiary/aromatic N) is 1. The second-order valence-electron chi connectivity index (χ2n) is 6.60. The second kappa shape index (κ2) is 6.19. The molecule has 1 amide bonds. The number of hydrogen-bond acceptors (Lipinski definition) is 1. The summed E-state index contributed by atoms with van der Waals surface area (Å²) in [5, 5.41) is 3.67. The molecule has 26 heavy (non-hydrogen) atoms. The van der Waals surface area contributed by atoms with Crippen LogP contribution >= 0.6 is 11.6 Å². The topological polar surface area (TPSA) is 34.0 Å². The number of aromatic nitrogens is 1. The fourth-order valence-electron chi connectivity index (χ4n) is 3.58. The van der Waals surface area contributed by atoms with E-state index >= 15 is 0 Å². The van der Waals surface area contributed by atoms with E-state index in [1.165, 1.54) is 0 Å². The molecule has 0 fully saturated rings. The molecule has 0 radical (unpaired) electrons. The first-order chi connectivity index (χ1) is 12.5. The Morgan fingerprint density at radius 3 is 2.62 bits per heavy atom. The third kappa shape index (κ3) is 2.56. The number of nitrogens with one attached hydrogen (secondary N) is 1. The third-order valence-corrected chi connectivity index (χ3v) is 5.37. The fraction of sp³-hybridized carbons (Fsp3) is 0.136. The molecule has 1 N–H and O–H groups in total. The number of hydrogen-bond donors (Lipinski definition) is 1. The maximum Gasteiger partial charge on any atom is 0.256 e. The van der Waals surface area contributed by atoms with Crippen LogP contribution < -0.4 is 5.32 Å². The molecule has 1 aliphatic heterocycles. The molecule has 1 aliphatic rings. The Hall–Kier alpha value is -2.78. The molecule has 1 aromatic heterocycles. The highest BCUT2D eigenvalue weighted by Gasteiger charge is 2.24. The van der Waals surface area contributed by atoms with E-state index in [1.54, 1.807) is 0 Å². The van der Waals surface area contributed by atoms with Gasteiger partial charge in [-0.25, -0.2) is 0 Å². The standard InChI is InChI=1S/C22H19ClN2O/c1-13-11-16(12-18-17-7-4-5-9-20(17)24-22(18)26)15(3)25(13)21-10-6-8-19(23)14(21)2/h4-12H,1-3H3,(H,24,26)/b18-12+. The van der Waals surface area contributed by atoms with Gasteiger partial charge in [0.05, 0.1) is 0 Å². The van der Waals surface area contributed by atoms with Crippen LogP contribution in [-0.4, -0.2) is 10.5 Å². The molecule has 2 aromatic carbocycles. The van der Waals surface area contributed by atoms with Crippen molar-refractivity contribution in [3.05, 3.63) is 81.6 Å². The summed E-state index contributed by atoms with van der Waals surface area (Å²) in [7, 11) is 0. The summed E-state index contributed by atoms with van der Waals surface area (Å²) < 4.78 is 2.19. The molecule has 4 heteroatoms. The Bertz CT molecular complexity index is 1080. The van der Waals surface area contributed by atoms with Crippen LogP contribution in [0.3, 0.4) is 0 Å². The minimum Gasteiger partial charge on any atom is -0.321 e. The Balaban J connectivity index is 1.86. The van der Waals surface area contributed by atoms with Crippen LogP contribution in [0.15, 0.2) is 48.5 Å². The number of carbonyl (C=O) groups excluding carboxylic acids is 1. The second-order valence-corrected chi connectivity index (χ2v) is 7.01. The van der Waals surface area contributed by atoms with Gasteiger partial charge in [0.15, 0.2) is 0 Å². The van der Waals surface area contributed by atoms with Gasteiger partial charge in [-0.15, -0.1) is 0 Å². The van der Waals surface area contributed by atoms with Gasteiger partial charge in [-0.2, -0.15) is 0 Å². The predicted molar refractivity (Wildman–Crippen MR) is 108 cm³/mol. The zero-order valence-corrected chi connectivity index (χ0v) is 15.7. The maximum absolute atomic E-state index is 12.4. The molecule has 0 aliphatic carbocycles. The van der Waals surface area contributed by atoms with Crippen molar-refractivity contribution in [1.29, 1.82) is 0 Å². The molecular weight excluding hydrogens is 344 g/mol. The summed E-state index contributed by atoms with van der Waals surface area (Å²) in [6.45, 7) is 6.16. The van der Waals surface area contributed by atoms with Crippen LogP contribution in [0.5, 0.6) is 0 Å². The Kier molecular flexibility index (Phi) is 3.97. The molecule has 0 atom stereocenters. The molecule has 0 bridgehead atoms. The minimum atomic E-state index is -0.0602. The Morgan fingerprint density at radius 2 is 1.81 bits per heavy atom. The summed E-state index contributed by atoms with van der Waals surface area (Å²) >= 11 is 6.31. The number of rotatable bonds is 2. The molecule has 0 unspecified atom stereocenters. The number of benzene rings is 2. The molecule has 3 nitrogen and oxygen atoms in total. The third-order valence-electron chi connectivity index (χ3n) is 4.96. The lowest BCUT2D eigenvalue weighted by molar-refractivity contribution is -0.110. The summed E-state index contributed by atoms with van der Waals surface area (Å²) in [4.78, 5) is 12.4. The Morgan fingerprint density at radius 1 is 1.04 bits per heavy atom. The van der Waals surface area contributed by atoms with Crippen molar-refractivity contribution in [2.24, 2.45) is 0 Å². The highest BCUT2D eigenvalue weighted by Crippen LogP contribution is 2.34. The van der Waals surface area contributed by atoms with E-state index in [0.29, 0.717) is 5.57 Å². The highest BCUT2D eigenvalue weighted by atomic mass is 35.5. The van der Waals surface area contributed by atoms with E-state index in [9.17, 15) is 4.79 Å². The first-order valence-corrected chi connectivity index (χ1v) is 8.92. The van der Waals surface area contributed by atoms with Crippen LogP contribution in [0.25, 0.3) is 17.3 Å². The van der Waals surface area contributed by atoms with E-state index in [4.69, 9.17) is 11.6 Å². The van der Waals surface area contributed by atoms with Crippen molar-refractivity contribution in [2.45, 2.75) is 20.8 Å². The SMILES string of the molecule is Cc1c(Cl)cccc1-n1c(C)cc(/C=C2/C(=O)Nc3ccccc32)c1C. The highest BCUT2D eigenvalue weighted by molar-refractivity contribution is 6.35. The number of aryl methyl sites for hydroxylation is 1. The summed E-state index contributed by atoms with van der Waals surface area (Å²) in [5.74, 6) is -0.0602. The largest absolute Gasteiger partial charge is 0.321 e. The number of carbonyl (C=O) groups is 1. The van der Waals surface area contributed by atoms with E-state index < -0.39 is 0 Å². The predicted octanol–water partition coefficient (Wildman–Crippen LogP) is 5.55. The van der Waals surface area contributed by atoms with Gasteiger partial charge in [0.25, 0.3) is 5.91 Å². The van der Waals surface area contributed by atoms with E-state index in [-0.39, 0.29) is 5.91 Å². The van der Waals surface area contributed by atoms with Gasteiger partial charge in [0.2, 0.25) is 0 Å². The molecule has 0 saturated carbocycles. The summed E-state index contributed by atoms with van der Waals surface area (Å²) in [6, 6.07) is 15.8. The van der Waals surface area contributed by atoms with Gasteiger partial charge in [-0.1, -0.05) is 35.9 Å². The molecule has 0 spiro atoms. The van der Waals surface area contributed by atoms with E-state index in [2.05, 4.69) is 35.9 Å². The number of amides is 1. The normalized spacial score (nSPS) is 14.6. The van der Waals surface area contributed by atoms with Gasteiger partial charge in [0, 0.05) is 38.9 Å². The summed E-state index contributed by atoms with van der Waals surface area (Å²) in [5.41, 5.74) is 7.83. The monoisotopic (exact) mass is 362 g/mol. The number of anilines is 1. The lowest BCUT2D eigenvalue weighted by Gasteiger charge is -2.13. The van der Waals surface area contributed by atoms with Gasteiger partial charge in [-0.05, 0) is 62.2 Å². The van der Waals surface area contributed by atoms with Crippen molar-refractivity contribution in [3.8, 4) is 5.69 Å². The van der Waals surface area contributed by atoms with Crippen LogP contribution in [0.2, 0.25) is 5.02 Å². The van der Waals surface area contributed by atoms with Crippen molar-refractivity contribution < 1.29 is 4.79 Å². The molecule has 2 heterocycles. The lowest BCUT2D eigenvalue weighted by Crippen LogP contribution is -2.04. The van der Waals surface area contributed by atoms with Crippen LogP contribution in [0.1, 0.15) is 28.1 Å². The van der Waals surface area contributed by atoms with Gasteiger partial charge in [0.1, 0.15) is 0 Å². The minimum absolute atomic E-state index is 0.0602. The van der Waals surface area contributed by atoms with Crippen molar-refractivity contribution >= 4 is 34.8 Å². The maximum atomic E-state index is 12.4. The molecule has 4 rings (SSSR count). The zero-order valence-electron chi connectivity index (χ0n) is 14.9. The van der Waals surface area contributed by atoms with E-state index in [1.807, 2.05) is 49.4 Å². The van der Waals surface area contributed by atoms with Crippen molar-refractivity contribution in [2.75, 3.05) is 5.32 Å². The Labute approximate surface area is 157 Å². The van der Waals surface area contributed by atoms with Crippen molar-refractivity contribution in [1.82, 2.24) is 4.57 Å². The quantitative estimate of drug-likeness (QED) is 0.596. The van der Waals surface area contributed by atoms with Crippen LogP contribution in [0, 0.1) is 20.8 Å². The smallest absolute Gasteiger partial charge is 0.256 e. The summed E-state index contributed by atoms with van der Waals surface area (Å²) in [6.07, 6.45) is 1.97. The fourth-order valence-corrected chi connectivity index (χ4v) is 3.75. The van der Waals surface area contributed by atoms with E-state index in [0.717, 1.165) is 44.5 Å². The molecular formula is C22H19ClN2O. The average molecular weight is 363 g/mol. The number of fused-ring (bicyclic) bond motifs is 1. The molecule has 3 aromatic rings. The zero-order chi connectivity index (χ0) is 18.4. The van der Waals surface area contributed by atoms with Gasteiger partial charge in [-0.3, -0.25) is 4.79 Å². The average Bonchev–Trinajstić information content (AvgIpc) is 3.08. The van der Waals surface area contributed by atoms with Crippen LogP contribution in [-0.2, 0) is 4.79 Å². The van der Waals surface area contributed by atoms with Gasteiger partial charge < -0.3 is 9.88 Å². The van der Waals surface area contributed by atoms with Gasteiger partial charge >= 0.3 is 0 Å². The molecule has 130 valence electrons.